The van der Waals surface area contributed by atoms with Crippen molar-refractivity contribution in [1.29, 1.82) is 0 Å². The number of alkyl carbamates (subject to hydrolysis) is 1. The van der Waals surface area contributed by atoms with Crippen molar-refractivity contribution in [2.24, 2.45) is 0 Å². The highest BCUT2D eigenvalue weighted by atomic mass is 32.2. The Morgan fingerprint density at radius 2 is 1.50 bits per heavy atom. The number of methoxy groups -OCH3 is 2. The predicted octanol–water partition coefficient (Wildman–Crippen LogP) is 4.39. The van der Waals surface area contributed by atoms with Crippen molar-refractivity contribution in [3.8, 4) is 11.5 Å². The second-order valence-electron chi connectivity index (χ2n) is 8.76. The van der Waals surface area contributed by atoms with Crippen LogP contribution >= 0.6 is 0 Å². The normalized spacial score (nSPS) is 10.8. The second kappa shape index (κ2) is 12.9. The van der Waals surface area contributed by atoms with Gasteiger partial charge < -0.3 is 30.2 Å². The molecule has 218 valence electrons. The van der Waals surface area contributed by atoms with Gasteiger partial charge in [-0.3, -0.25) is 9.52 Å². The van der Waals surface area contributed by atoms with Crippen LogP contribution in [0.4, 0.5) is 27.8 Å². The van der Waals surface area contributed by atoms with Crippen molar-refractivity contribution in [3.63, 3.8) is 0 Å². The Hall–Kier alpha value is -5.37. The van der Waals surface area contributed by atoms with Crippen LogP contribution in [0.5, 0.6) is 11.5 Å². The number of aromatic nitrogens is 2. The summed E-state index contributed by atoms with van der Waals surface area (Å²) in [6, 6.07) is 17.7. The van der Waals surface area contributed by atoms with Crippen molar-refractivity contribution in [3.05, 3.63) is 79.1 Å². The molecule has 0 saturated carbocycles. The number of nitrogens with zero attached hydrogens (tertiary/aromatic N) is 2. The minimum Gasteiger partial charge on any atom is -0.497 e. The largest absolute Gasteiger partial charge is 0.497 e. The van der Waals surface area contributed by atoms with Gasteiger partial charge in [-0.15, -0.1) is 0 Å². The lowest BCUT2D eigenvalue weighted by Crippen LogP contribution is -2.33. The molecule has 0 unspecified atom stereocenters. The summed E-state index contributed by atoms with van der Waals surface area (Å²) in [7, 11) is -1.19. The highest BCUT2D eigenvalue weighted by Crippen LogP contribution is 2.31. The number of ether oxygens (including phenoxy) is 3. The molecule has 0 radical (unpaired) electrons. The Bertz CT molecular complexity index is 1740. The van der Waals surface area contributed by atoms with Crippen LogP contribution in [-0.2, 0) is 19.6 Å². The summed E-state index contributed by atoms with van der Waals surface area (Å²) in [5, 5.41) is 7.89. The van der Waals surface area contributed by atoms with Crippen LogP contribution in [0.25, 0.3) is 11.0 Å². The maximum atomic E-state index is 13.5. The van der Waals surface area contributed by atoms with Gasteiger partial charge in [0.05, 0.1) is 35.9 Å². The van der Waals surface area contributed by atoms with Crippen LogP contribution < -0.4 is 30.1 Å². The van der Waals surface area contributed by atoms with Gasteiger partial charge in [0.1, 0.15) is 18.0 Å². The van der Waals surface area contributed by atoms with E-state index in [1.54, 1.807) is 42.5 Å². The number of nitrogens with one attached hydrogen (secondary N) is 4. The summed E-state index contributed by atoms with van der Waals surface area (Å²) in [5.41, 5.74) is 1.69. The molecule has 0 aliphatic carbocycles. The molecule has 14 heteroatoms. The van der Waals surface area contributed by atoms with Crippen LogP contribution in [0.2, 0.25) is 0 Å². The van der Waals surface area contributed by atoms with E-state index < -0.39 is 28.6 Å². The molecule has 2 amide bonds. The molecule has 1 heterocycles. The highest BCUT2D eigenvalue weighted by molar-refractivity contribution is 7.92. The van der Waals surface area contributed by atoms with E-state index >= 15 is 0 Å². The molecule has 0 aliphatic heterocycles. The molecular weight excluding hydrogens is 564 g/mol. The standard InChI is InChI=1S/C28H28N6O7S/c1-17(2)41-28(36)29-16-25(35)30-18-8-7-9-22(14-18)42(37,38)34-27-26(32-23-10-5-6-11-24(23)33-27)31-19-12-20(39-3)15-21(13-19)40-4/h5-15H,1,16H2,2-4H3,(H,29,36)(H,30,35)(H,31,32)(H,33,34). The summed E-state index contributed by atoms with van der Waals surface area (Å²) in [6.07, 6.45) is -0.841. The molecule has 4 rings (SSSR count). The van der Waals surface area contributed by atoms with Crippen LogP contribution in [0.1, 0.15) is 6.92 Å². The van der Waals surface area contributed by atoms with E-state index in [1.165, 1.54) is 45.4 Å². The maximum absolute atomic E-state index is 13.5. The average Bonchev–Trinajstić information content (AvgIpc) is 2.95. The Morgan fingerprint density at radius 1 is 0.857 bits per heavy atom. The number of carbonyl (C=O) groups is 2. The summed E-state index contributed by atoms with van der Waals surface area (Å²) in [5.74, 6) is 0.645. The second-order valence-corrected chi connectivity index (χ2v) is 10.4. The third-order valence-electron chi connectivity index (χ3n) is 5.50. The van der Waals surface area contributed by atoms with Crippen molar-refractivity contribution in [2.45, 2.75) is 11.8 Å². The number of hydrogen-bond acceptors (Lipinski definition) is 10. The monoisotopic (exact) mass is 592 g/mol. The number of allylic oxidation sites excluding steroid dienone is 1. The van der Waals surface area contributed by atoms with Gasteiger partial charge >= 0.3 is 6.09 Å². The number of amides is 2. The maximum Gasteiger partial charge on any atom is 0.412 e. The molecule has 0 aliphatic rings. The average molecular weight is 593 g/mol. The first-order valence-electron chi connectivity index (χ1n) is 12.4. The number of fused-ring (bicyclic) bond motifs is 1. The van der Waals surface area contributed by atoms with E-state index in [9.17, 15) is 18.0 Å². The fourth-order valence-electron chi connectivity index (χ4n) is 3.65. The number of anilines is 4. The number of para-hydroxylation sites is 2. The molecule has 0 bridgehead atoms. The first-order valence-corrected chi connectivity index (χ1v) is 13.9. The molecule has 3 aromatic carbocycles. The van der Waals surface area contributed by atoms with Gasteiger partial charge in [-0.25, -0.2) is 23.2 Å². The number of benzene rings is 3. The Balaban J connectivity index is 1.59. The van der Waals surface area contributed by atoms with Gasteiger partial charge in [0, 0.05) is 29.6 Å². The highest BCUT2D eigenvalue weighted by Gasteiger charge is 2.20. The molecular formula is C28H28N6O7S. The van der Waals surface area contributed by atoms with Crippen LogP contribution in [0, 0.1) is 0 Å². The van der Waals surface area contributed by atoms with E-state index in [1.807, 2.05) is 0 Å². The first kappa shape index (κ1) is 29.6. The topological polar surface area (TPSA) is 170 Å². The van der Waals surface area contributed by atoms with Crippen LogP contribution in [0.15, 0.2) is 84.0 Å². The molecule has 0 spiro atoms. The molecule has 1 aromatic heterocycles. The van der Waals surface area contributed by atoms with Crippen molar-refractivity contribution in [2.75, 3.05) is 36.1 Å². The van der Waals surface area contributed by atoms with Crippen molar-refractivity contribution >= 4 is 56.1 Å². The van der Waals surface area contributed by atoms with E-state index in [0.29, 0.717) is 28.2 Å². The Morgan fingerprint density at radius 3 is 2.12 bits per heavy atom. The van der Waals surface area contributed by atoms with Crippen molar-refractivity contribution < 1.29 is 32.2 Å². The van der Waals surface area contributed by atoms with E-state index in [2.05, 4.69) is 37.2 Å². The Labute approximate surface area is 242 Å². The lowest BCUT2D eigenvalue weighted by molar-refractivity contribution is -0.115. The number of rotatable bonds is 11. The number of sulfonamides is 1. The van der Waals surface area contributed by atoms with Gasteiger partial charge in [0.15, 0.2) is 11.6 Å². The third kappa shape index (κ3) is 7.63. The van der Waals surface area contributed by atoms with Gasteiger partial charge in [-0.05, 0) is 37.3 Å². The fourth-order valence-corrected chi connectivity index (χ4v) is 4.71. The zero-order valence-corrected chi connectivity index (χ0v) is 23.7. The molecule has 0 atom stereocenters. The van der Waals surface area contributed by atoms with Crippen LogP contribution in [0.3, 0.4) is 0 Å². The lowest BCUT2D eigenvalue weighted by atomic mass is 10.2. The molecule has 4 aromatic rings. The first-order chi connectivity index (χ1) is 20.1. The van der Waals surface area contributed by atoms with Crippen molar-refractivity contribution in [1.82, 2.24) is 15.3 Å². The zero-order chi connectivity index (χ0) is 30.3. The summed E-state index contributed by atoms with van der Waals surface area (Å²) in [4.78, 5) is 32.8. The Kier molecular flexibility index (Phi) is 9.07. The molecule has 42 heavy (non-hydrogen) atoms. The third-order valence-corrected chi connectivity index (χ3v) is 6.84. The van der Waals surface area contributed by atoms with Gasteiger partial charge in [-0.1, -0.05) is 24.8 Å². The van der Waals surface area contributed by atoms with Crippen LogP contribution in [-0.4, -0.2) is 51.2 Å². The van der Waals surface area contributed by atoms with E-state index in [0.717, 1.165) is 0 Å². The lowest BCUT2D eigenvalue weighted by Gasteiger charge is -2.15. The molecule has 0 saturated heterocycles. The summed E-state index contributed by atoms with van der Waals surface area (Å²) in [6.45, 7) is 4.52. The van der Waals surface area contributed by atoms with Gasteiger partial charge in [-0.2, -0.15) is 0 Å². The SMILES string of the molecule is C=C(C)OC(=O)NCC(=O)Nc1cccc(S(=O)(=O)Nc2nc3ccccc3nc2Nc2cc(OC)cc(OC)c2)c1. The molecule has 4 N–H and O–H groups in total. The van der Waals surface area contributed by atoms with Gasteiger partial charge in [0.2, 0.25) is 5.91 Å². The molecule has 0 fully saturated rings. The minimum absolute atomic E-state index is 0.0647. The van der Waals surface area contributed by atoms with E-state index in [4.69, 9.17) is 14.2 Å². The summed E-state index contributed by atoms with van der Waals surface area (Å²) < 4.78 is 44.8. The summed E-state index contributed by atoms with van der Waals surface area (Å²) >= 11 is 0. The molecule has 13 nitrogen and oxygen atoms in total. The number of carbonyl (C=O) groups excluding carboxylic acids is 2. The number of hydrogen-bond donors (Lipinski definition) is 4. The van der Waals surface area contributed by atoms with E-state index in [-0.39, 0.29) is 28.0 Å². The smallest absolute Gasteiger partial charge is 0.412 e. The fraction of sp³-hybridized carbons (Fsp3) is 0.143. The predicted molar refractivity (Wildman–Crippen MR) is 158 cm³/mol. The van der Waals surface area contributed by atoms with Gasteiger partial charge in [0.25, 0.3) is 10.0 Å². The zero-order valence-electron chi connectivity index (χ0n) is 22.9. The quantitative estimate of drug-likeness (QED) is 0.183. The minimum atomic E-state index is -4.21.